The Labute approximate surface area is 173 Å². The molecule has 1 N–H and O–H groups in total. The lowest BCUT2D eigenvalue weighted by molar-refractivity contribution is -0.229. The maximum Gasteiger partial charge on any atom is 0.493 e. The molecule has 2 aromatic rings. The van der Waals surface area contributed by atoms with Crippen LogP contribution in [0.2, 0.25) is 0 Å². The first-order valence-corrected chi connectivity index (χ1v) is 8.68. The van der Waals surface area contributed by atoms with Gasteiger partial charge in [0.15, 0.2) is 5.82 Å². The first-order chi connectivity index (χ1) is 14.5. The highest BCUT2D eigenvalue weighted by Crippen LogP contribution is 2.23. The number of hydrogen-bond donors (Lipinski definition) is 1. The Bertz CT molecular complexity index is 993. The minimum Gasteiger partial charge on any atom is -0.306 e. The van der Waals surface area contributed by atoms with E-state index in [0.29, 0.717) is 0 Å². The molecule has 164 valence electrons. The molecular formula is C18H16F4N6O3. The number of carbonyl (C=O) groups is 2. The highest BCUT2D eigenvalue weighted by molar-refractivity contribution is 5.91. The average molecular weight is 440 g/mol. The molecule has 0 saturated heterocycles. The Morgan fingerprint density at radius 2 is 1.94 bits per heavy atom. The Morgan fingerprint density at radius 1 is 1.26 bits per heavy atom. The molecule has 2 rings (SSSR count). The van der Waals surface area contributed by atoms with Crippen molar-refractivity contribution in [1.82, 2.24) is 15.1 Å². The molecule has 0 bridgehead atoms. The molecule has 9 nitrogen and oxygen atoms in total. The van der Waals surface area contributed by atoms with Crippen LogP contribution in [0.1, 0.15) is 19.7 Å². The third kappa shape index (κ3) is 6.26. The van der Waals surface area contributed by atoms with Gasteiger partial charge in [0.1, 0.15) is 11.9 Å². The standard InChI is InChI=1S/C18H16F4N6O3/c1-11(2)10-27(15-7-8-24-14(9-23)26-15)28(31-16(29)18(20,21)22)17(30)25-13-6-4-3-5-12(13)19/h3-8,11H,10H2,1-2H3,(H,25,30). The third-order valence-electron chi connectivity index (χ3n) is 3.45. The van der Waals surface area contributed by atoms with Gasteiger partial charge in [-0.25, -0.2) is 24.0 Å². The molecule has 0 radical (unpaired) electrons. The van der Waals surface area contributed by atoms with Gasteiger partial charge in [-0.1, -0.05) is 26.0 Å². The summed E-state index contributed by atoms with van der Waals surface area (Å²) in [6.07, 6.45) is -4.30. The zero-order valence-corrected chi connectivity index (χ0v) is 16.2. The number of nitrogens with zero attached hydrogens (tertiary/aromatic N) is 5. The maximum atomic E-state index is 13.9. The van der Waals surface area contributed by atoms with Crippen LogP contribution in [0.25, 0.3) is 0 Å². The molecule has 13 heteroatoms. The van der Waals surface area contributed by atoms with E-state index in [-0.39, 0.29) is 35.0 Å². The summed E-state index contributed by atoms with van der Waals surface area (Å²) < 4.78 is 52.4. The summed E-state index contributed by atoms with van der Waals surface area (Å²) in [6, 6.07) is 6.30. The van der Waals surface area contributed by atoms with Gasteiger partial charge >= 0.3 is 18.2 Å². The zero-order valence-electron chi connectivity index (χ0n) is 16.2. The smallest absolute Gasteiger partial charge is 0.306 e. The lowest BCUT2D eigenvalue weighted by Crippen LogP contribution is -2.53. The van der Waals surface area contributed by atoms with Gasteiger partial charge in [0, 0.05) is 18.8 Å². The van der Waals surface area contributed by atoms with Crippen LogP contribution in [0.4, 0.5) is 33.9 Å². The van der Waals surface area contributed by atoms with E-state index in [4.69, 9.17) is 5.26 Å². The first-order valence-electron chi connectivity index (χ1n) is 8.68. The van der Waals surface area contributed by atoms with Gasteiger partial charge in [-0.05, 0) is 23.2 Å². The predicted octanol–water partition coefficient (Wildman–Crippen LogP) is 3.42. The Kier molecular flexibility index (Phi) is 7.30. The van der Waals surface area contributed by atoms with E-state index in [9.17, 15) is 27.2 Å². The van der Waals surface area contributed by atoms with Crippen molar-refractivity contribution in [2.24, 2.45) is 5.92 Å². The Morgan fingerprint density at radius 3 is 2.52 bits per heavy atom. The Hall–Kier alpha value is -3.95. The van der Waals surface area contributed by atoms with Gasteiger partial charge in [-0.3, -0.25) is 0 Å². The van der Waals surface area contributed by atoms with E-state index in [2.05, 4.69) is 14.8 Å². The van der Waals surface area contributed by atoms with Crippen molar-refractivity contribution in [2.75, 3.05) is 16.9 Å². The number of anilines is 2. The second-order valence-corrected chi connectivity index (χ2v) is 6.39. The minimum atomic E-state index is -5.43. The maximum absolute atomic E-state index is 13.9. The van der Waals surface area contributed by atoms with Crippen molar-refractivity contribution < 1.29 is 32.0 Å². The fourth-order valence-electron chi connectivity index (χ4n) is 2.21. The first kappa shape index (κ1) is 23.3. The second-order valence-electron chi connectivity index (χ2n) is 6.39. The summed E-state index contributed by atoms with van der Waals surface area (Å²) in [6.45, 7) is 3.16. The molecular weight excluding hydrogens is 424 g/mol. The number of nitrogens with one attached hydrogen (secondary N) is 1. The van der Waals surface area contributed by atoms with Crippen molar-refractivity contribution in [1.29, 1.82) is 5.26 Å². The lowest BCUT2D eigenvalue weighted by atomic mass is 10.2. The predicted molar refractivity (Wildman–Crippen MR) is 98.3 cm³/mol. The van der Waals surface area contributed by atoms with E-state index >= 15 is 0 Å². The van der Waals surface area contributed by atoms with Crippen LogP contribution in [0.3, 0.4) is 0 Å². The average Bonchev–Trinajstić information content (AvgIpc) is 2.71. The molecule has 0 fully saturated rings. The molecule has 0 aliphatic carbocycles. The van der Waals surface area contributed by atoms with E-state index in [0.717, 1.165) is 23.3 Å². The van der Waals surface area contributed by atoms with Gasteiger partial charge in [0.25, 0.3) is 0 Å². The van der Waals surface area contributed by atoms with Crippen LogP contribution in [0, 0.1) is 23.1 Å². The SMILES string of the molecule is CC(C)CN(c1ccnc(C#N)n1)N(OC(=O)C(F)(F)F)C(=O)Nc1ccccc1F. The molecule has 1 aromatic carbocycles. The number of urea groups is 1. The van der Waals surface area contributed by atoms with Crippen LogP contribution in [-0.2, 0) is 9.63 Å². The zero-order chi connectivity index (χ0) is 23.2. The van der Waals surface area contributed by atoms with E-state index in [1.165, 1.54) is 18.2 Å². The largest absolute Gasteiger partial charge is 0.493 e. The Balaban J connectivity index is 2.50. The summed E-state index contributed by atoms with van der Waals surface area (Å²) in [5.41, 5.74) is -0.370. The molecule has 0 saturated carbocycles. The number of para-hydroxylation sites is 1. The summed E-state index contributed by atoms with van der Waals surface area (Å²) >= 11 is 0. The number of halogens is 4. The number of amides is 2. The number of hydrazine groups is 1. The van der Waals surface area contributed by atoms with Crippen molar-refractivity contribution in [2.45, 2.75) is 20.0 Å². The van der Waals surface area contributed by atoms with Crippen LogP contribution >= 0.6 is 0 Å². The van der Waals surface area contributed by atoms with Gasteiger partial charge in [-0.2, -0.15) is 23.4 Å². The third-order valence-corrected chi connectivity index (χ3v) is 3.45. The van der Waals surface area contributed by atoms with Crippen LogP contribution in [0.5, 0.6) is 0 Å². The molecule has 0 aliphatic heterocycles. The number of alkyl halides is 3. The highest BCUT2D eigenvalue weighted by Gasteiger charge is 2.45. The van der Waals surface area contributed by atoms with Gasteiger partial charge in [0.2, 0.25) is 5.82 Å². The van der Waals surface area contributed by atoms with Crippen molar-refractivity contribution in [3.8, 4) is 6.07 Å². The van der Waals surface area contributed by atoms with Gasteiger partial charge < -0.3 is 10.2 Å². The van der Waals surface area contributed by atoms with Gasteiger partial charge in [-0.15, -0.1) is 0 Å². The summed E-state index contributed by atoms with van der Waals surface area (Å²) in [5.74, 6) is -4.41. The van der Waals surface area contributed by atoms with Crippen LogP contribution in [0.15, 0.2) is 36.5 Å². The summed E-state index contributed by atoms with van der Waals surface area (Å²) in [5, 5.41) is 11.8. The second kappa shape index (κ2) is 9.70. The number of carbonyl (C=O) groups excluding carboxylic acids is 2. The minimum absolute atomic E-state index is 0.0221. The van der Waals surface area contributed by atoms with E-state index < -0.39 is 24.0 Å². The number of aromatic nitrogens is 2. The fourth-order valence-corrected chi connectivity index (χ4v) is 2.21. The molecule has 2 amide bonds. The molecule has 1 aromatic heterocycles. The molecule has 0 spiro atoms. The van der Waals surface area contributed by atoms with E-state index in [1.807, 2.05) is 5.32 Å². The topological polar surface area (TPSA) is 111 Å². The summed E-state index contributed by atoms with van der Waals surface area (Å²) in [7, 11) is 0. The number of nitriles is 1. The van der Waals surface area contributed by atoms with Gasteiger partial charge in [0.05, 0.1) is 5.69 Å². The molecule has 0 aliphatic rings. The number of benzene rings is 1. The van der Waals surface area contributed by atoms with Crippen molar-refractivity contribution >= 4 is 23.5 Å². The van der Waals surface area contributed by atoms with Crippen molar-refractivity contribution in [3.63, 3.8) is 0 Å². The fraction of sp³-hybridized carbons (Fsp3) is 0.278. The molecule has 0 atom stereocenters. The number of hydrogen-bond acceptors (Lipinski definition) is 7. The van der Waals surface area contributed by atoms with E-state index in [1.54, 1.807) is 19.9 Å². The number of hydroxylamine groups is 1. The highest BCUT2D eigenvalue weighted by atomic mass is 19.4. The quantitative estimate of drug-likeness (QED) is 0.560. The molecule has 1 heterocycles. The van der Waals surface area contributed by atoms with Crippen LogP contribution in [-0.4, -0.2) is 39.9 Å². The molecule has 31 heavy (non-hydrogen) atoms. The normalized spacial score (nSPS) is 10.9. The lowest BCUT2D eigenvalue weighted by Gasteiger charge is -2.34. The number of rotatable bonds is 5. The summed E-state index contributed by atoms with van der Waals surface area (Å²) in [4.78, 5) is 36.0. The van der Waals surface area contributed by atoms with Crippen molar-refractivity contribution in [3.05, 3.63) is 48.2 Å². The molecule has 0 unspecified atom stereocenters. The monoisotopic (exact) mass is 440 g/mol. The van der Waals surface area contributed by atoms with Crippen LogP contribution < -0.4 is 10.3 Å².